The smallest absolute Gasteiger partial charge is 0.416 e. The van der Waals surface area contributed by atoms with Crippen molar-refractivity contribution in [3.63, 3.8) is 0 Å². The largest absolute Gasteiger partial charge is 0.496 e. The molecule has 1 N–H and O–H groups in total. The second kappa shape index (κ2) is 12.3. The van der Waals surface area contributed by atoms with Gasteiger partial charge in [-0.3, -0.25) is 4.79 Å². The van der Waals surface area contributed by atoms with Crippen LogP contribution in [0.2, 0.25) is 5.02 Å². The molecule has 0 radical (unpaired) electrons. The number of aryl methyl sites for hydroxylation is 1. The average Bonchev–Trinajstić information content (AvgIpc) is 3.44. The van der Waals surface area contributed by atoms with E-state index in [0.29, 0.717) is 22.5 Å². The summed E-state index contributed by atoms with van der Waals surface area (Å²) in [6, 6.07) is 20.4. The summed E-state index contributed by atoms with van der Waals surface area (Å²) < 4.78 is 63.9. The van der Waals surface area contributed by atoms with Crippen LogP contribution in [-0.4, -0.2) is 23.2 Å². The van der Waals surface area contributed by atoms with E-state index in [-0.39, 0.29) is 28.6 Å². The van der Waals surface area contributed by atoms with Crippen molar-refractivity contribution in [2.45, 2.75) is 25.6 Å². The lowest BCUT2D eigenvalue weighted by Gasteiger charge is -2.19. The lowest BCUT2D eigenvalue weighted by Crippen LogP contribution is -2.30. The molecule has 1 heterocycles. The van der Waals surface area contributed by atoms with Crippen molar-refractivity contribution in [1.29, 1.82) is 0 Å². The summed E-state index contributed by atoms with van der Waals surface area (Å²) in [5.74, 6) is -0.282. The fourth-order valence-corrected chi connectivity index (χ4v) is 4.85. The van der Waals surface area contributed by atoms with Gasteiger partial charge in [-0.15, -0.1) is 0 Å². The standard InChI is InChI=1S/C32H24ClF4N3O3/c1-18-38-31(43-40-18)28(17-21-5-3-4-6-24(21)22-9-13-27(34)26(33)16-22)39-30(41)25-15-20(10-14-29(25)42-2)19-7-11-23(12-8-19)32(35,36)37/h3-16,28H,17H2,1-2H3,(H,39,41)/t28-/m1/s1. The number of ether oxygens (including phenoxy) is 1. The Balaban J connectivity index is 1.48. The number of nitrogens with one attached hydrogen (secondary N) is 1. The third-order valence-corrected chi connectivity index (χ3v) is 7.10. The first kappa shape index (κ1) is 29.8. The molecule has 6 nitrogen and oxygen atoms in total. The number of carbonyl (C=O) groups is 1. The van der Waals surface area contributed by atoms with Crippen LogP contribution in [0.1, 0.15) is 39.2 Å². The summed E-state index contributed by atoms with van der Waals surface area (Å²) >= 11 is 6.04. The summed E-state index contributed by atoms with van der Waals surface area (Å²) in [5, 5.41) is 6.79. The molecule has 0 aliphatic rings. The van der Waals surface area contributed by atoms with Gasteiger partial charge in [-0.2, -0.15) is 18.2 Å². The Morgan fingerprint density at radius 1 is 0.977 bits per heavy atom. The Morgan fingerprint density at radius 3 is 2.33 bits per heavy atom. The first-order valence-corrected chi connectivity index (χ1v) is 13.4. The van der Waals surface area contributed by atoms with Crippen LogP contribution in [0.25, 0.3) is 22.3 Å². The van der Waals surface area contributed by atoms with Crippen LogP contribution in [0, 0.1) is 12.7 Å². The van der Waals surface area contributed by atoms with E-state index in [1.54, 1.807) is 31.2 Å². The Bertz CT molecular complexity index is 1770. The highest BCUT2D eigenvalue weighted by atomic mass is 35.5. The van der Waals surface area contributed by atoms with E-state index < -0.39 is 29.5 Å². The van der Waals surface area contributed by atoms with Crippen LogP contribution in [0.3, 0.4) is 0 Å². The number of alkyl halides is 3. The van der Waals surface area contributed by atoms with E-state index in [9.17, 15) is 22.4 Å². The molecule has 0 saturated heterocycles. The van der Waals surface area contributed by atoms with E-state index in [1.807, 2.05) is 24.3 Å². The van der Waals surface area contributed by atoms with Gasteiger partial charge in [0, 0.05) is 6.42 Å². The summed E-state index contributed by atoms with van der Waals surface area (Å²) in [6.45, 7) is 1.65. The third-order valence-electron chi connectivity index (χ3n) is 6.81. The molecule has 5 rings (SSSR count). The molecule has 220 valence electrons. The van der Waals surface area contributed by atoms with Crippen molar-refractivity contribution in [3.05, 3.63) is 124 Å². The number of methoxy groups -OCH3 is 1. The minimum absolute atomic E-state index is 0.0234. The maximum absolute atomic E-state index is 13.9. The minimum atomic E-state index is -4.47. The van der Waals surface area contributed by atoms with Crippen LogP contribution >= 0.6 is 11.6 Å². The van der Waals surface area contributed by atoms with Crippen LogP contribution in [0.15, 0.2) is 89.5 Å². The maximum atomic E-state index is 13.9. The van der Waals surface area contributed by atoms with Crippen LogP contribution in [-0.2, 0) is 12.6 Å². The molecule has 1 aromatic heterocycles. The number of hydrogen-bond donors (Lipinski definition) is 1. The number of rotatable bonds is 8. The van der Waals surface area contributed by atoms with E-state index in [4.69, 9.17) is 20.9 Å². The van der Waals surface area contributed by atoms with Gasteiger partial charge >= 0.3 is 6.18 Å². The molecule has 0 aliphatic heterocycles. The van der Waals surface area contributed by atoms with Gasteiger partial charge in [-0.25, -0.2) is 4.39 Å². The van der Waals surface area contributed by atoms with Crippen molar-refractivity contribution in [2.75, 3.05) is 7.11 Å². The topological polar surface area (TPSA) is 77.2 Å². The highest BCUT2D eigenvalue weighted by Gasteiger charge is 2.30. The first-order chi connectivity index (χ1) is 20.5. The highest BCUT2D eigenvalue weighted by molar-refractivity contribution is 6.31. The fraction of sp³-hybridized carbons (Fsp3) is 0.156. The monoisotopic (exact) mass is 609 g/mol. The number of halogens is 5. The summed E-state index contributed by atoms with van der Waals surface area (Å²) in [4.78, 5) is 18.1. The highest BCUT2D eigenvalue weighted by Crippen LogP contribution is 2.34. The van der Waals surface area contributed by atoms with Gasteiger partial charge in [0.2, 0.25) is 5.89 Å². The van der Waals surface area contributed by atoms with E-state index >= 15 is 0 Å². The van der Waals surface area contributed by atoms with Crippen molar-refractivity contribution in [1.82, 2.24) is 15.5 Å². The maximum Gasteiger partial charge on any atom is 0.416 e. The second-order valence-electron chi connectivity index (χ2n) is 9.69. The normalized spacial score (nSPS) is 12.2. The summed E-state index contributed by atoms with van der Waals surface area (Å²) in [6.07, 6.45) is -4.24. The Kier molecular flexibility index (Phi) is 8.50. The number of nitrogens with zero attached hydrogens (tertiary/aromatic N) is 2. The van der Waals surface area contributed by atoms with Crippen LogP contribution in [0.4, 0.5) is 17.6 Å². The molecule has 0 saturated carbocycles. The van der Waals surface area contributed by atoms with Gasteiger partial charge in [0.1, 0.15) is 17.6 Å². The zero-order valence-electron chi connectivity index (χ0n) is 22.9. The molecule has 0 unspecified atom stereocenters. The molecule has 0 fully saturated rings. The lowest BCUT2D eigenvalue weighted by molar-refractivity contribution is -0.137. The van der Waals surface area contributed by atoms with Crippen molar-refractivity contribution in [2.24, 2.45) is 0 Å². The SMILES string of the molecule is COc1ccc(-c2ccc(C(F)(F)F)cc2)cc1C(=O)N[C@H](Cc1ccccc1-c1ccc(F)c(Cl)c1)c1nc(C)no1. The minimum Gasteiger partial charge on any atom is -0.496 e. The Hall–Kier alpha value is -4.70. The molecular weight excluding hydrogens is 586 g/mol. The van der Waals surface area contributed by atoms with Crippen LogP contribution in [0.5, 0.6) is 5.75 Å². The molecule has 43 heavy (non-hydrogen) atoms. The summed E-state index contributed by atoms with van der Waals surface area (Å²) in [7, 11) is 1.41. The van der Waals surface area contributed by atoms with Gasteiger partial charge in [-0.1, -0.05) is 65.3 Å². The quantitative estimate of drug-likeness (QED) is 0.179. The van der Waals surface area contributed by atoms with E-state index in [2.05, 4.69) is 15.5 Å². The molecule has 11 heteroatoms. The fourth-order valence-electron chi connectivity index (χ4n) is 4.67. The average molecular weight is 610 g/mol. The predicted octanol–water partition coefficient (Wildman–Crippen LogP) is 8.25. The Labute approximate surface area is 249 Å². The summed E-state index contributed by atoms with van der Waals surface area (Å²) in [5.41, 5.74) is 2.62. The molecule has 5 aromatic rings. The number of hydrogen-bond acceptors (Lipinski definition) is 5. The molecule has 4 aromatic carbocycles. The molecule has 1 atom stereocenters. The van der Waals surface area contributed by atoms with E-state index in [0.717, 1.165) is 23.3 Å². The number of aromatic nitrogens is 2. The zero-order chi connectivity index (χ0) is 30.7. The van der Waals surface area contributed by atoms with Gasteiger partial charge in [0.05, 0.1) is 23.3 Å². The number of benzene rings is 4. The van der Waals surface area contributed by atoms with Crippen molar-refractivity contribution in [3.8, 4) is 28.0 Å². The van der Waals surface area contributed by atoms with Crippen molar-refractivity contribution >= 4 is 17.5 Å². The van der Waals surface area contributed by atoms with E-state index in [1.165, 1.54) is 31.4 Å². The van der Waals surface area contributed by atoms with Crippen molar-refractivity contribution < 1.29 is 31.6 Å². The molecular formula is C32H24ClF4N3O3. The van der Waals surface area contributed by atoms with Gasteiger partial charge in [0.25, 0.3) is 5.91 Å². The van der Waals surface area contributed by atoms with Gasteiger partial charge in [-0.05, 0) is 71.1 Å². The predicted molar refractivity (Wildman–Crippen MR) is 153 cm³/mol. The van der Waals surface area contributed by atoms with Gasteiger partial charge < -0.3 is 14.6 Å². The Morgan fingerprint density at radius 2 is 1.67 bits per heavy atom. The first-order valence-electron chi connectivity index (χ1n) is 13.0. The zero-order valence-corrected chi connectivity index (χ0v) is 23.6. The number of carbonyl (C=O) groups excluding carboxylic acids is 1. The molecule has 1 amide bonds. The molecule has 0 bridgehead atoms. The third kappa shape index (κ3) is 6.70. The number of amides is 1. The van der Waals surface area contributed by atoms with Gasteiger partial charge in [0.15, 0.2) is 5.82 Å². The lowest BCUT2D eigenvalue weighted by atomic mass is 9.94. The van der Waals surface area contributed by atoms with Crippen LogP contribution < -0.4 is 10.1 Å². The second-order valence-corrected chi connectivity index (χ2v) is 10.1. The molecule has 0 aliphatic carbocycles. The molecule has 0 spiro atoms.